The Labute approximate surface area is 112 Å². The zero-order valence-corrected chi connectivity index (χ0v) is 11.6. The van der Waals surface area contributed by atoms with Crippen molar-refractivity contribution < 1.29 is 19.4 Å². The molecule has 7 nitrogen and oxygen atoms in total. The Morgan fingerprint density at radius 2 is 1.89 bits per heavy atom. The highest BCUT2D eigenvalue weighted by Crippen LogP contribution is 2.22. The topological polar surface area (TPSA) is 93.6 Å². The van der Waals surface area contributed by atoms with E-state index in [-0.39, 0.29) is 5.95 Å². The number of aromatic nitrogens is 2. The lowest BCUT2D eigenvalue weighted by atomic mass is 9.97. The Hall–Kier alpha value is -2.05. The molecule has 0 aliphatic heterocycles. The quantitative estimate of drug-likeness (QED) is 0.775. The summed E-state index contributed by atoms with van der Waals surface area (Å²) in [5.41, 5.74) is -1.13. The van der Waals surface area contributed by atoms with Gasteiger partial charge in [-0.3, -0.25) is 0 Å². The predicted octanol–water partition coefficient (Wildman–Crippen LogP) is 1.55. The summed E-state index contributed by atoms with van der Waals surface area (Å²) < 4.78 is 10.0. The fourth-order valence-electron chi connectivity index (χ4n) is 1.64. The van der Waals surface area contributed by atoms with Crippen LogP contribution in [0.4, 0.5) is 5.95 Å². The van der Waals surface area contributed by atoms with Crippen LogP contribution in [0.3, 0.4) is 0 Å². The van der Waals surface area contributed by atoms with Gasteiger partial charge in [0.15, 0.2) is 0 Å². The van der Waals surface area contributed by atoms with Crippen LogP contribution in [-0.4, -0.2) is 40.8 Å². The highest BCUT2D eigenvalue weighted by Gasteiger charge is 2.33. The number of nitrogens with zero attached hydrogens (tertiary/aromatic N) is 2. The van der Waals surface area contributed by atoms with Gasteiger partial charge in [-0.1, -0.05) is 13.3 Å². The smallest absolute Gasteiger partial charge is 0.329 e. The molecular weight excluding hydrogens is 250 g/mol. The first kappa shape index (κ1) is 15.0. The van der Waals surface area contributed by atoms with Crippen LogP contribution in [0.1, 0.15) is 26.7 Å². The zero-order chi connectivity index (χ0) is 14.5. The second kappa shape index (κ2) is 6.21. The molecule has 1 heterocycles. The molecule has 2 N–H and O–H groups in total. The molecule has 1 atom stereocenters. The maximum Gasteiger partial charge on any atom is 0.329 e. The van der Waals surface area contributed by atoms with Crippen LogP contribution >= 0.6 is 0 Å². The van der Waals surface area contributed by atoms with Gasteiger partial charge in [-0.2, -0.15) is 9.97 Å². The highest BCUT2D eigenvalue weighted by atomic mass is 16.5. The van der Waals surface area contributed by atoms with Crippen LogP contribution in [0.2, 0.25) is 0 Å². The molecule has 0 fully saturated rings. The highest BCUT2D eigenvalue weighted by molar-refractivity contribution is 5.81. The Morgan fingerprint density at radius 3 is 2.26 bits per heavy atom. The molecule has 7 heteroatoms. The summed E-state index contributed by atoms with van der Waals surface area (Å²) in [4.78, 5) is 19.5. The number of nitrogens with one attached hydrogen (secondary N) is 1. The van der Waals surface area contributed by atoms with Gasteiger partial charge < -0.3 is 19.9 Å². The van der Waals surface area contributed by atoms with Crippen molar-refractivity contribution in [3.8, 4) is 11.8 Å². The van der Waals surface area contributed by atoms with Crippen molar-refractivity contribution in [2.75, 3.05) is 19.5 Å². The third-order valence-corrected chi connectivity index (χ3v) is 2.71. The Morgan fingerprint density at radius 1 is 1.37 bits per heavy atom. The Balaban J connectivity index is 3.05. The molecule has 1 aromatic rings. The number of anilines is 1. The van der Waals surface area contributed by atoms with E-state index in [0.717, 1.165) is 6.42 Å². The molecule has 1 aromatic heterocycles. The first-order valence-corrected chi connectivity index (χ1v) is 5.93. The molecule has 19 heavy (non-hydrogen) atoms. The fraction of sp³-hybridized carbons (Fsp3) is 0.583. The van der Waals surface area contributed by atoms with E-state index in [1.165, 1.54) is 20.3 Å². The van der Waals surface area contributed by atoms with E-state index < -0.39 is 11.5 Å². The normalized spacial score (nSPS) is 13.5. The van der Waals surface area contributed by atoms with E-state index in [0.29, 0.717) is 18.2 Å². The van der Waals surface area contributed by atoms with Gasteiger partial charge in [-0.15, -0.1) is 0 Å². The second-order valence-electron chi connectivity index (χ2n) is 4.29. The van der Waals surface area contributed by atoms with E-state index in [2.05, 4.69) is 15.3 Å². The van der Waals surface area contributed by atoms with E-state index in [1.54, 1.807) is 6.92 Å². The lowest BCUT2D eigenvalue weighted by Gasteiger charge is -2.25. The van der Waals surface area contributed by atoms with E-state index in [9.17, 15) is 9.90 Å². The van der Waals surface area contributed by atoms with Gasteiger partial charge in [0.05, 0.1) is 20.3 Å². The lowest BCUT2D eigenvalue weighted by Crippen LogP contribution is -2.43. The van der Waals surface area contributed by atoms with Crippen LogP contribution < -0.4 is 14.8 Å². The number of carboxylic acids is 1. The van der Waals surface area contributed by atoms with Gasteiger partial charge in [0.2, 0.25) is 17.7 Å². The lowest BCUT2D eigenvalue weighted by molar-refractivity contribution is -0.142. The summed E-state index contributed by atoms with van der Waals surface area (Å²) in [5.74, 6) is -0.188. The monoisotopic (exact) mass is 269 g/mol. The third-order valence-electron chi connectivity index (χ3n) is 2.71. The van der Waals surface area contributed by atoms with Gasteiger partial charge >= 0.3 is 5.97 Å². The molecule has 0 bridgehead atoms. The van der Waals surface area contributed by atoms with Crippen LogP contribution in [0.25, 0.3) is 0 Å². The summed E-state index contributed by atoms with van der Waals surface area (Å²) in [7, 11) is 2.93. The summed E-state index contributed by atoms with van der Waals surface area (Å²) in [6.45, 7) is 3.50. The van der Waals surface area contributed by atoms with Crippen LogP contribution in [-0.2, 0) is 4.79 Å². The first-order valence-electron chi connectivity index (χ1n) is 5.93. The molecule has 0 saturated carbocycles. The van der Waals surface area contributed by atoms with Crippen LogP contribution in [0.15, 0.2) is 6.07 Å². The van der Waals surface area contributed by atoms with Crippen molar-refractivity contribution in [3.63, 3.8) is 0 Å². The van der Waals surface area contributed by atoms with Crippen molar-refractivity contribution in [2.24, 2.45) is 0 Å². The summed E-state index contributed by atoms with van der Waals surface area (Å²) in [6, 6.07) is 1.52. The molecule has 0 aliphatic carbocycles. The third kappa shape index (κ3) is 3.70. The first-order chi connectivity index (χ1) is 8.95. The van der Waals surface area contributed by atoms with E-state index in [1.807, 2.05) is 6.92 Å². The number of rotatable bonds is 7. The standard InChI is InChI=1S/C12H19N3O4/c1-5-6-12(2,10(16)17)15-11-13-8(18-3)7-9(14-11)19-4/h7H,5-6H2,1-4H3,(H,16,17)(H,13,14,15). The zero-order valence-electron chi connectivity index (χ0n) is 11.6. The summed E-state index contributed by atoms with van der Waals surface area (Å²) in [5, 5.41) is 12.1. The number of ether oxygens (including phenoxy) is 2. The van der Waals surface area contributed by atoms with Gasteiger partial charge in [0.1, 0.15) is 5.54 Å². The number of methoxy groups -OCH3 is 2. The summed E-state index contributed by atoms with van der Waals surface area (Å²) >= 11 is 0. The van der Waals surface area contributed by atoms with Gasteiger partial charge in [-0.25, -0.2) is 4.79 Å². The minimum absolute atomic E-state index is 0.162. The van der Waals surface area contributed by atoms with E-state index in [4.69, 9.17) is 9.47 Å². The van der Waals surface area contributed by atoms with Gasteiger partial charge in [-0.05, 0) is 13.3 Å². The molecule has 0 radical (unpaired) electrons. The number of hydrogen-bond acceptors (Lipinski definition) is 6. The van der Waals surface area contributed by atoms with Crippen molar-refractivity contribution >= 4 is 11.9 Å². The fourth-order valence-corrected chi connectivity index (χ4v) is 1.64. The molecule has 0 aliphatic rings. The van der Waals surface area contributed by atoms with Crippen LogP contribution in [0, 0.1) is 0 Å². The van der Waals surface area contributed by atoms with E-state index >= 15 is 0 Å². The van der Waals surface area contributed by atoms with Crippen molar-refractivity contribution in [2.45, 2.75) is 32.2 Å². The summed E-state index contributed by atoms with van der Waals surface area (Å²) in [6.07, 6.45) is 1.17. The average Bonchev–Trinajstić information content (AvgIpc) is 2.38. The molecule has 1 unspecified atom stereocenters. The number of carbonyl (C=O) groups is 1. The van der Waals surface area contributed by atoms with Crippen LogP contribution in [0.5, 0.6) is 11.8 Å². The minimum atomic E-state index is -1.13. The maximum absolute atomic E-state index is 11.3. The van der Waals surface area contributed by atoms with Gasteiger partial charge in [0, 0.05) is 0 Å². The molecule has 106 valence electrons. The minimum Gasteiger partial charge on any atom is -0.481 e. The molecule has 0 aromatic carbocycles. The number of aliphatic carboxylic acids is 1. The molecule has 1 rings (SSSR count). The second-order valence-corrected chi connectivity index (χ2v) is 4.29. The largest absolute Gasteiger partial charge is 0.481 e. The molecule has 0 spiro atoms. The Kier molecular flexibility index (Phi) is 4.91. The number of hydrogen-bond donors (Lipinski definition) is 2. The SMILES string of the molecule is CCCC(C)(Nc1nc(OC)cc(OC)n1)C(=O)O. The predicted molar refractivity (Wildman–Crippen MR) is 69.7 cm³/mol. The number of carboxylic acid groups (broad SMARTS) is 1. The maximum atomic E-state index is 11.3. The van der Waals surface area contributed by atoms with Crippen molar-refractivity contribution in [3.05, 3.63) is 6.07 Å². The Bertz CT molecular complexity index is 430. The van der Waals surface area contributed by atoms with Gasteiger partial charge in [0.25, 0.3) is 0 Å². The van der Waals surface area contributed by atoms with Crippen molar-refractivity contribution in [1.29, 1.82) is 0 Å². The average molecular weight is 269 g/mol. The molecular formula is C12H19N3O4. The molecule has 0 amide bonds. The van der Waals surface area contributed by atoms with Crippen molar-refractivity contribution in [1.82, 2.24) is 9.97 Å². The molecule has 0 saturated heterocycles.